The van der Waals surface area contributed by atoms with Gasteiger partial charge in [0, 0.05) is 17.5 Å². The number of ether oxygens (including phenoxy) is 2. The van der Waals surface area contributed by atoms with Crippen LogP contribution < -0.4 is 9.47 Å². The molecule has 0 amide bonds. The van der Waals surface area contributed by atoms with Crippen molar-refractivity contribution in [2.75, 3.05) is 14.2 Å². The summed E-state index contributed by atoms with van der Waals surface area (Å²) in [7, 11) is 3.29. The highest BCUT2D eigenvalue weighted by Crippen LogP contribution is 2.43. The molecule has 4 atom stereocenters. The molecular weight excluding hydrogens is 436 g/mol. The van der Waals surface area contributed by atoms with Crippen molar-refractivity contribution in [2.24, 2.45) is 17.8 Å². The number of rotatable bonds is 17. The minimum Gasteiger partial charge on any atom is -0.496 e. The summed E-state index contributed by atoms with van der Waals surface area (Å²) in [4.78, 5) is 0. The van der Waals surface area contributed by atoms with Crippen molar-refractivity contribution in [3.8, 4) is 11.5 Å². The molecule has 35 heavy (non-hydrogen) atoms. The van der Waals surface area contributed by atoms with Gasteiger partial charge in [-0.3, -0.25) is 0 Å². The lowest BCUT2D eigenvalue weighted by atomic mass is 9.85. The van der Waals surface area contributed by atoms with E-state index < -0.39 is 11.7 Å². The summed E-state index contributed by atoms with van der Waals surface area (Å²) in [5.74, 6) is 3.78. The molecule has 2 N–H and O–H groups in total. The standard InChI is InChI=1S/C31H56O4/c1-21(2)14-11-15-22(3)16-12-17-23(4)18-13-19-31(8,33)20-27(32)28-26(7)29(34-9)24(5)25(6)30(28)35-10/h21-23,27,32-33H,11-20H2,1-10H3/t22-,23-,27?,31+/m1/s1. The predicted molar refractivity (Wildman–Crippen MR) is 149 cm³/mol. The van der Waals surface area contributed by atoms with E-state index in [1.165, 1.54) is 38.5 Å². The molecule has 0 radical (unpaired) electrons. The molecule has 0 saturated carbocycles. The topological polar surface area (TPSA) is 58.9 Å². The third-order valence-electron chi connectivity index (χ3n) is 7.89. The molecule has 1 unspecified atom stereocenters. The van der Waals surface area contributed by atoms with Crippen LogP contribution in [-0.2, 0) is 0 Å². The highest BCUT2D eigenvalue weighted by atomic mass is 16.5. The van der Waals surface area contributed by atoms with Gasteiger partial charge in [0.1, 0.15) is 11.5 Å². The second-order valence-electron chi connectivity index (χ2n) is 11.9. The fourth-order valence-corrected chi connectivity index (χ4v) is 5.52. The first-order valence-electron chi connectivity index (χ1n) is 14.0. The Morgan fingerprint density at radius 3 is 1.66 bits per heavy atom. The first-order chi connectivity index (χ1) is 16.3. The van der Waals surface area contributed by atoms with E-state index in [1.807, 2.05) is 27.7 Å². The van der Waals surface area contributed by atoms with Crippen molar-refractivity contribution in [2.45, 2.75) is 131 Å². The van der Waals surface area contributed by atoms with E-state index in [-0.39, 0.29) is 6.42 Å². The van der Waals surface area contributed by atoms with E-state index in [0.717, 1.165) is 52.7 Å². The average molecular weight is 493 g/mol. The zero-order valence-electron chi connectivity index (χ0n) is 24.6. The smallest absolute Gasteiger partial charge is 0.128 e. The fourth-order valence-electron chi connectivity index (χ4n) is 5.52. The maximum Gasteiger partial charge on any atom is 0.128 e. The normalized spacial score (nSPS) is 16.1. The molecule has 0 saturated heterocycles. The molecule has 0 fully saturated rings. The third kappa shape index (κ3) is 10.3. The summed E-state index contributed by atoms with van der Waals surface area (Å²) in [6.07, 6.45) is 10.2. The fraction of sp³-hybridized carbons (Fsp3) is 0.806. The van der Waals surface area contributed by atoms with Crippen molar-refractivity contribution in [3.05, 3.63) is 22.3 Å². The summed E-state index contributed by atoms with van der Waals surface area (Å²) in [5, 5.41) is 22.3. The minimum atomic E-state index is -0.937. The number of methoxy groups -OCH3 is 2. The molecule has 0 heterocycles. The lowest BCUT2D eigenvalue weighted by molar-refractivity contribution is -0.00641. The van der Waals surface area contributed by atoms with E-state index in [4.69, 9.17) is 9.47 Å². The Bertz CT molecular complexity index is 753. The Morgan fingerprint density at radius 1 is 0.714 bits per heavy atom. The molecule has 0 spiro atoms. The first-order valence-corrected chi connectivity index (χ1v) is 14.0. The molecule has 0 bridgehead atoms. The molecule has 4 nitrogen and oxygen atoms in total. The Labute approximate surface area is 216 Å². The maximum absolute atomic E-state index is 11.2. The van der Waals surface area contributed by atoms with Crippen LogP contribution in [0.3, 0.4) is 0 Å². The van der Waals surface area contributed by atoms with Gasteiger partial charge in [0.05, 0.1) is 25.9 Å². The molecule has 0 aliphatic rings. The SMILES string of the molecule is COc1c(C)c(C)c(OC)c(C(O)C[C@@](C)(O)CCC[C@H](C)CCC[C@H](C)CCCC(C)C)c1C. The molecule has 0 aliphatic carbocycles. The molecule has 1 rings (SSSR count). The third-order valence-corrected chi connectivity index (χ3v) is 7.89. The highest BCUT2D eigenvalue weighted by molar-refractivity contribution is 5.58. The van der Waals surface area contributed by atoms with Gasteiger partial charge in [-0.25, -0.2) is 0 Å². The lowest BCUT2D eigenvalue weighted by Gasteiger charge is -2.29. The van der Waals surface area contributed by atoms with Gasteiger partial charge in [0.2, 0.25) is 0 Å². The Hall–Kier alpha value is -1.26. The molecular formula is C31H56O4. The Kier molecular flexibility index (Phi) is 13.7. The van der Waals surface area contributed by atoms with E-state index in [0.29, 0.717) is 18.1 Å². The number of aliphatic hydroxyl groups is 2. The van der Waals surface area contributed by atoms with Gasteiger partial charge in [-0.05, 0) is 63.0 Å². The van der Waals surface area contributed by atoms with Gasteiger partial charge < -0.3 is 19.7 Å². The highest BCUT2D eigenvalue weighted by Gasteiger charge is 2.30. The van der Waals surface area contributed by atoms with Crippen molar-refractivity contribution in [1.29, 1.82) is 0 Å². The van der Waals surface area contributed by atoms with Gasteiger partial charge in [-0.1, -0.05) is 79.1 Å². The zero-order valence-corrected chi connectivity index (χ0v) is 24.6. The monoisotopic (exact) mass is 492 g/mol. The summed E-state index contributed by atoms with van der Waals surface area (Å²) in [6, 6.07) is 0. The van der Waals surface area contributed by atoms with E-state index in [2.05, 4.69) is 27.7 Å². The number of aliphatic hydroxyl groups excluding tert-OH is 1. The summed E-state index contributed by atoms with van der Waals surface area (Å²) >= 11 is 0. The van der Waals surface area contributed by atoms with Crippen LogP contribution in [-0.4, -0.2) is 30.0 Å². The molecule has 4 heteroatoms. The summed E-state index contributed by atoms with van der Waals surface area (Å²) < 4.78 is 11.3. The van der Waals surface area contributed by atoms with E-state index in [1.54, 1.807) is 14.2 Å². The van der Waals surface area contributed by atoms with Crippen LogP contribution in [0.25, 0.3) is 0 Å². The Balaban J connectivity index is 2.56. The van der Waals surface area contributed by atoms with Gasteiger partial charge >= 0.3 is 0 Å². The van der Waals surface area contributed by atoms with Crippen LogP contribution in [0.5, 0.6) is 11.5 Å². The molecule has 204 valence electrons. The minimum absolute atomic E-state index is 0.276. The van der Waals surface area contributed by atoms with Crippen LogP contribution in [0.1, 0.15) is 127 Å². The van der Waals surface area contributed by atoms with Gasteiger partial charge in [-0.2, -0.15) is 0 Å². The molecule has 1 aromatic carbocycles. The predicted octanol–water partition coefficient (Wildman–Crippen LogP) is 8.24. The Morgan fingerprint density at radius 2 is 1.17 bits per heavy atom. The van der Waals surface area contributed by atoms with Gasteiger partial charge in [-0.15, -0.1) is 0 Å². The quantitative estimate of drug-likeness (QED) is 0.230. The van der Waals surface area contributed by atoms with E-state index >= 15 is 0 Å². The van der Waals surface area contributed by atoms with Crippen molar-refractivity contribution in [3.63, 3.8) is 0 Å². The van der Waals surface area contributed by atoms with Crippen LogP contribution in [0, 0.1) is 38.5 Å². The van der Waals surface area contributed by atoms with Crippen LogP contribution in [0.15, 0.2) is 0 Å². The average Bonchev–Trinajstić information content (AvgIpc) is 2.75. The number of hydrogen-bond donors (Lipinski definition) is 2. The molecule has 0 aromatic heterocycles. The van der Waals surface area contributed by atoms with Crippen molar-refractivity contribution >= 4 is 0 Å². The van der Waals surface area contributed by atoms with Crippen LogP contribution >= 0.6 is 0 Å². The van der Waals surface area contributed by atoms with Gasteiger partial charge in [0.15, 0.2) is 0 Å². The summed E-state index contributed by atoms with van der Waals surface area (Å²) in [5.41, 5.74) is 2.65. The summed E-state index contributed by atoms with van der Waals surface area (Å²) in [6.45, 7) is 17.1. The maximum atomic E-state index is 11.2. The number of benzene rings is 1. The van der Waals surface area contributed by atoms with Crippen LogP contribution in [0.4, 0.5) is 0 Å². The van der Waals surface area contributed by atoms with Crippen molar-refractivity contribution < 1.29 is 19.7 Å². The van der Waals surface area contributed by atoms with Gasteiger partial charge in [0.25, 0.3) is 0 Å². The van der Waals surface area contributed by atoms with Crippen LogP contribution in [0.2, 0.25) is 0 Å². The molecule has 0 aliphatic heterocycles. The van der Waals surface area contributed by atoms with Crippen molar-refractivity contribution in [1.82, 2.24) is 0 Å². The second-order valence-corrected chi connectivity index (χ2v) is 11.9. The molecule has 1 aromatic rings. The largest absolute Gasteiger partial charge is 0.496 e. The lowest BCUT2D eigenvalue weighted by Crippen LogP contribution is -2.27. The second kappa shape index (κ2) is 15.1. The zero-order chi connectivity index (χ0) is 26.8. The first kappa shape index (κ1) is 31.8. The van der Waals surface area contributed by atoms with E-state index in [9.17, 15) is 10.2 Å². The number of hydrogen-bond acceptors (Lipinski definition) is 4.